The number of anilines is 2. The zero-order valence-corrected chi connectivity index (χ0v) is 13.2. The molecule has 5 nitrogen and oxygen atoms in total. The van der Waals surface area contributed by atoms with Crippen molar-refractivity contribution in [2.45, 2.75) is 20.3 Å². The average Bonchev–Trinajstić information content (AvgIpc) is 2.94. The fourth-order valence-corrected chi connectivity index (χ4v) is 2.68. The van der Waals surface area contributed by atoms with E-state index in [0.717, 1.165) is 35.7 Å². The first kappa shape index (κ1) is 15.4. The third-order valence-electron chi connectivity index (χ3n) is 3.81. The molecule has 1 amide bonds. The number of halogens is 1. The van der Waals surface area contributed by atoms with Gasteiger partial charge in [-0.15, -0.1) is 12.4 Å². The van der Waals surface area contributed by atoms with Gasteiger partial charge in [0.25, 0.3) is 5.91 Å². The number of carbonyl (C=O) groups excluding carboxylic acids is 1. The van der Waals surface area contributed by atoms with Crippen LogP contribution in [0.3, 0.4) is 0 Å². The van der Waals surface area contributed by atoms with E-state index in [1.54, 1.807) is 4.68 Å². The molecule has 0 saturated carbocycles. The van der Waals surface area contributed by atoms with Crippen LogP contribution in [0, 0.1) is 13.8 Å². The van der Waals surface area contributed by atoms with Crippen LogP contribution in [-0.2, 0) is 13.5 Å². The summed E-state index contributed by atoms with van der Waals surface area (Å²) >= 11 is 0. The number of hydrogen-bond donors (Lipinski definition) is 2. The molecule has 112 valence electrons. The van der Waals surface area contributed by atoms with E-state index in [-0.39, 0.29) is 18.3 Å². The number of aromatic nitrogens is 2. The minimum absolute atomic E-state index is 0. The second-order valence-corrected chi connectivity index (χ2v) is 5.17. The largest absolute Gasteiger partial charge is 0.384 e. The molecule has 0 radical (unpaired) electrons. The van der Waals surface area contributed by atoms with E-state index >= 15 is 0 Å². The number of hydrogen-bond acceptors (Lipinski definition) is 3. The fraction of sp³-hybridized carbons (Fsp3) is 0.333. The maximum absolute atomic E-state index is 12.4. The van der Waals surface area contributed by atoms with Gasteiger partial charge in [-0.25, -0.2) is 0 Å². The highest BCUT2D eigenvalue weighted by atomic mass is 35.5. The topological polar surface area (TPSA) is 59.0 Å². The lowest BCUT2D eigenvalue weighted by Gasteiger charge is -2.07. The van der Waals surface area contributed by atoms with Crippen LogP contribution < -0.4 is 10.6 Å². The van der Waals surface area contributed by atoms with Gasteiger partial charge in [0.2, 0.25) is 0 Å². The van der Waals surface area contributed by atoms with Crippen molar-refractivity contribution < 1.29 is 4.79 Å². The lowest BCUT2D eigenvalue weighted by atomic mass is 10.1. The van der Waals surface area contributed by atoms with Gasteiger partial charge >= 0.3 is 0 Å². The van der Waals surface area contributed by atoms with Gasteiger partial charge in [0.1, 0.15) is 0 Å². The van der Waals surface area contributed by atoms with Gasteiger partial charge in [0.15, 0.2) is 0 Å². The van der Waals surface area contributed by atoms with Gasteiger partial charge in [0, 0.05) is 30.7 Å². The molecule has 2 heterocycles. The molecule has 1 aromatic heterocycles. The average molecular weight is 307 g/mol. The molecule has 0 bridgehead atoms. The number of fused-ring (bicyclic) bond motifs is 1. The Morgan fingerprint density at radius 1 is 1.38 bits per heavy atom. The molecule has 2 aromatic rings. The monoisotopic (exact) mass is 306 g/mol. The summed E-state index contributed by atoms with van der Waals surface area (Å²) in [4.78, 5) is 12.4. The Kier molecular flexibility index (Phi) is 4.23. The molecule has 0 spiro atoms. The summed E-state index contributed by atoms with van der Waals surface area (Å²) in [5.74, 6) is -0.0981. The van der Waals surface area contributed by atoms with Crippen LogP contribution in [0.1, 0.15) is 27.3 Å². The summed E-state index contributed by atoms with van der Waals surface area (Å²) in [6, 6.07) is 5.98. The lowest BCUT2D eigenvalue weighted by Crippen LogP contribution is -2.14. The predicted octanol–water partition coefficient (Wildman–Crippen LogP) is 2.68. The van der Waals surface area contributed by atoms with Crippen molar-refractivity contribution in [3.8, 4) is 0 Å². The molecular weight excluding hydrogens is 288 g/mol. The molecule has 1 aliphatic rings. The Hall–Kier alpha value is -2.01. The SMILES string of the molecule is Cc1nn(C)c(C)c1C(=O)Nc1ccc2c(c1)CCN2.Cl. The van der Waals surface area contributed by atoms with Crippen LogP contribution in [0.5, 0.6) is 0 Å². The lowest BCUT2D eigenvalue weighted by molar-refractivity contribution is 0.102. The van der Waals surface area contributed by atoms with Crippen LogP contribution in [0.15, 0.2) is 18.2 Å². The van der Waals surface area contributed by atoms with Gasteiger partial charge < -0.3 is 10.6 Å². The van der Waals surface area contributed by atoms with Crippen LogP contribution in [-0.4, -0.2) is 22.2 Å². The van der Waals surface area contributed by atoms with Crippen LogP contribution in [0.2, 0.25) is 0 Å². The van der Waals surface area contributed by atoms with E-state index in [1.165, 1.54) is 5.56 Å². The Bertz CT molecular complexity index is 693. The van der Waals surface area contributed by atoms with Crippen LogP contribution in [0.25, 0.3) is 0 Å². The van der Waals surface area contributed by atoms with Crippen molar-refractivity contribution in [2.75, 3.05) is 17.2 Å². The van der Waals surface area contributed by atoms with E-state index in [2.05, 4.69) is 15.7 Å². The predicted molar refractivity (Wildman–Crippen MR) is 86.5 cm³/mol. The Morgan fingerprint density at radius 2 is 2.14 bits per heavy atom. The smallest absolute Gasteiger partial charge is 0.259 e. The molecule has 0 unspecified atom stereocenters. The van der Waals surface area contributed by atoms with E-state index in [1.807, 2.05) is 39.1 Å². The third-order valence-corrected chi connectivity index (χ3v) is 3.81. The number of amides is 1. The molecular formula is C15H19ClN4O. The standard InChI is InChI=1S/C15H18N4O.ClH/c1-9-14(10(2)19(3)18-9)15(20)17-12-4-5-13-11(8-12)6-7-16-13;/h4-5,8,16H,6-7H2,1-3H3,(H,17,20);1H. The third kappa shape index (κ3) is 2.74. The second kappa shape index (κ2) is 5.77. The highest BCUT2D eigenvalue weighted by Gasteiger charge is 2.18. The first-order valence-electron chi connectivity index (χ1n) is 6.74. The molecule has 0 aliphatic carbocycles. The number of nitrogens with one attached hydrogen (secondary N) is 2. The Balaban J connectivity index is 0.00000161. The zero-order valence-electron chi connectivity index (χ0n) is 12.4. The van der Waals surface area contributed by atoms with E-state index in [0.29, 0.717) is 5.56 Å². The quantitative estimate of drug-likeness (QED) is 0.897. The van der Waals surface area contributed by atoms with E-state index < -0.39 is 0 Å². The molecule has 3 rings (SSSR count). The molecule has 1 aromatic carbocycles. The molecule has 1 aliphatic heterocycles. The van der Waals surface area contributed by atoms with Crippen molar-refractivity contribution in [1.82, 2.24) is 9.78 Å². The summed E-state index contributed by atoms with van der Waals surface area (Å²) in [7, 11) is 1.85. The summed E-state index contributed by atoms with van der Waals surface area (Å²) in [5, 5.41) is 10.5. The molecule has 0 saturated heterocycles. The Labute approximate surface area is 130 Å². The first-order chi connectivity index (χ1) is 9.56. The number of nitrogens with zero attached hydrogens (tertiary/aromatic N) is 2. The first-order valence-corrected chi connectivity index (χ1v) is 6.74. The van der Waals surface area contributed by atoms with Crippen molar-refractivity contribution in [1.29, 1.82) is 0 Å². The van der Waals surface area contributed by atoms with Gasteiger partial charge in [-0.1, -0.05) is 0 Å². The summed E-state index contributed by atoms with van der Waals surface area (Å²) in [5.41, 5.74) is 5.54. The molecule has 21 heavy (non-hydrogen) atoms. The molecule has 0 fully saturated rings. The minimum Gasteiger partial charge on any atom is -0.384 e. The molecule has 6 heteroatoms. The number of rotatable bonds is 2. The van der Waals surface area contributed by atoms with E-state index in [4.69, 9.17) is 0 Å². The number of aryl methyl sites for hydroxylation is 2. The number of benzene rings is 1. The van der Waals surface area contributed by atoms with Crippen molar-refractivity contribution in [2.24, 2.45) is 7.05 Å². The van der Waals surface area contributed by atoms with Crippen molar-refractivity contribution in [3.63, 3.8) is 0 Å². The normalized spacial score (nSPS) is 12.3. The summed E-state index contributed by atoms with van der Waals surface area (Å²) < 4.78 is 1.73. The molecule has 2 N–H and O–H groups in total. The second-order valence-electron chi connectivity index (χ2n) is 5.17. The Morgan fingerprint density at radius 3 is 2.81 bits per heavy atom. The minimum atomic E-state index is -0.0981. The molecule has 0 atom stereocenters. The summed E-state index contributed by atoms with van der Waals surface area (Å²) in [6.07, 6.45) is 1.00. The van der Waals surface area contributed by atoms with Gasteiger partial charge in [0.05, 0.1) is 11.3 Å². The maximum atomic E-state index is 12.4. The summed E-state index contributed by atoms with van der Waals surface area (Å²) in [6.45, 7) is 4.73. The van der Waals surface area contributed by atoms with Crippen LogP contribution in [0.4, 0.5) is 11.4 Å². The maximum Gasteiger partial charge on any atom is 0.259 e. The van der Waals surface area contributed by atoms with Gasteiger partial charge in [-0.05, 0) is 44.0 Å². The fourth-order valence-electron chi connectivity index (χ4n) is 2.68. The van der Waals surface area contributed by atoms with Crippen LogP contribution >= 0.6 is 12.4 Å². The van der Waals surface area contributed by atoms with E-state index in [9.17, 15) is 4.79 Å². The van der Waals surface area contributed by atoms with Crippen molar-refractivity contribution in [3.05, 3.63) is 40.7 Å². The van der Waals surface area contributed by atoms with Crippen molar-refractivity contribution >= 4 is 29.7 Å². The van der Waals surface area contributed by atoms with Gasteiger partial charge in [-0.3, -0.25) is 9.48 Å². The highest BCUT2D eigenvalue weighted by Crippen LogP contribution is 2.25. The number of carbonyl (C=O) groups is 1. The van der Waals surface area contributed by atoms with Gasteiger partial charge in [-0.2, -0.15) is 5.10 Å². The highest BCUT2D eigenvalue weighted by molar-refractivity contribution is 6.06. The zero-order chi connectivity index (χ0) is 14.3.